The van der Waals surface area contributed by atoms with Crippen molar-refractivity contribution in [1.29, 1.82) is 0 Å². The van der Waals surface area contributed by atoms with E-state index in [0.717, 1.165) is 11.1 Å². The first-order chi connectivity index (χ1) is 22.7. The third kappa shape index (κ3) is 5.88. The number of amides is 1. The van der Waals surface area contributed by atoms with Crippen molar-refractivity contribution < 1.29 is 23.8 Å². The largest absolute Gasteiger partial charge is 0.506 e. The molecule has 1 aliphatic carbocycles. The van der Waals surface area contributed by atoms with Crippen molar-refractivity contribution in [2.75, 3.05) is 10.2 Å². The van der Waals surface area contributed by atoms with Crippen LogP contribution >= 0.6 is 11.3 Å². The van der Waals surface area contributed by atoms with Crippen LogP contribution in [0, 0.1) is 11.2 Å². The summed E-state index contributed by atoms with van der Waals surface area (Å²) in [6, 6.07) is 21.3. The van der Waals surface area contributed by atoms with Crippen LogP contribution in [0.25, 0.3) is 10.6 Å². The fraction of sp³-hybridized carbons (Fsp3) is 0.189. The number of aromatic hydroxyl groups is 1. The summed E-state index contributed by atoms with van der Waals surface area (Å²) in [5.74, 6) is -1.20. The number of allylic oxidation sites excluding steroid dienone is 1. The SMILES string of the molecule is CC1(C)CC(=O)C2=C(C1)Nc1c(O)cccc1N(C(=O)c1csc(-c3cccnc3)n1)C2c1ccc(OCc2ccccc2)cc1F. The lowest BCUT2D eigenvalue weighted by Gasteiger charge is -2.37. The lowest BCUT2D eigenvalue weighted by molar-refractivity contribution is -0.118. The van der Waals surface area contributed by atoms with Gasteiger partial charge in [-0.2, -0.15) is 0 Å². The minimum atomic E-state index is -1.16. The molecule has 7 rings (SSSR count). The number of nitrogens with zero attached hydrogens (tertiary/aromatic N) is 3. The Morgan fingerprint density at radius 1 is 1.09 bits per heavy atom. The Morgan fingerprint density at radius 3 is 2.68 bits per heavy atom. The quantitative estimate of drug-likeness (QED) is 0.180. The average Bonchev–Trinajstić information content (AvgIpc) is 3.50. The summed E-state index contributed by atoms with van der Waals surface area (Å²) < 4.78 is 22.3. The van der Waals surface area contributed by atoms with Crippen molar-refractivity contribution in [1.82, 2.24) is 9.97 Å². The summed E-state index contributed by atoms with van der Waals surface area (Å²) in [5.41, 5.74) is 2.86. The van der Waals surface area contributed by atoms with Crippen LogP contribution in [-0.2, 0) is 11.4 Å². The highest BCUT2D eigenvalue weighted by molar-refractivity contribution is 7.13. The van der Waals surface area contributed by atoms with Crippen LogP contribution in [-0.4, -0.2) is 26.8 Å². The summed E-state index contributed by atoms with van der Waals surface area (Å²) in [4.78, 5) is 38.9. The minimum Gasteiger partial charge on any atom is -0.506 e. The molecular weight excluding hydrogens is 615 g/mol. The molecule has 0 radical (unpaired) electrons. The number of rotatable bonds is 6. The van der Waals surface area contributed by atoms with Gasteiger partial charge in [0, 0.05) is 52.7 Å². The Labute approximate surface area is 275 Å². The van der Waals surface area contributed by atoms with E-state index in [-0.39, 0.29) is 47.1 Å². The number of ketones is 1. The molecule has 1 amide bonds. The number of para-hydroxylation sites is 1. The van der Waals surface area contributed by atoms with Crippen LogP contribution < -0.4 is 15.0 Å². The van der Waals surface area contributed by atoms with Crippen LogP contribution in [0.5, 0.6) is 11.5 Å². The fourth-order valence-electron chi connectivity index (χ4n) is 6.24. The zero-order valence-electron chi connectivity index (χ0n) is 25.7. The standard InChI is InChI=1S/C37H31FN4O4S/c1-37(2)17-27-32(31(44)18-37)34(25-14-13-24(16-26(25)38)46-20-22-8-4-3-5-9-22)42(29-11-6-12-30(43)33(29)40-27)36(45)28-21-47-35(41-28)23-10-7-15-39-19-23/h3-16,19,21,34,40,43H,17-18,20H2,1-2H3. The molecule has 2 N–H and O–H groups in total. The molecule has 10 heteroatoms. The molecule has 2 aliphatic rings. The number of carbonyl (C=O) groups excluding carboxylic acids is 2. The van der Waals surface area contributed by atoms with Crippen molar-refractivity contribution in [3.63, 3.8) is 0 Å². The van der Waals surface area contributed by atoms with E-state index in [2.05, 4.69) is 15.3 Å². The normalized spacial score (nSPS) is 17.0. The predicted octanol–water partition coefficient (Wildman–Crippen LogP) is 8.09. The molecule has 0 spiro atoms. The molecular formula is C37H31FN4O4S. The molecule has 1 atom stereocenters. The lowest BCUT2D eigenvalue weighted by atomic mass is 9.73. The second-order valence-electron chi connectivity index (χ2n) is 12.4. The van der Waals surface area contributed by atoms with E-state index < -0.39 is 23.2 Å². The van der Waals surface area contributed by atoms with Gasteiger partial charge in [-0.3, -0.25) is 19.5 Å². The number of aromatic nitrogens is 2. The number of halogens is 1. The number of nitrogens with one attached hydrogen (secondary N) is 1. The van der Waals surface area contributed by atoms with Gasteiger partial charge in [0.1, 0.15) is 40.3 Å². The maximum Gasteiger partial charge on any atom is 0.278 e. The van der Waals surface area contributed by atoms with Crippen molar-refractivity contribution in [3.8, 4) is 22.1 Å². The number of anilines is 2. The highest BCUT2D eigenvalue weighted by atomic mass is 32.1. The van der Waals surface area contributed by atoms with Crippen LogP contribution in [0.15, 0.2) is 108 Å². The Kier molecular flexibility index (Phi) is 7.81. The van der Waals surface area contributed by atoms with Gasteiger partial charge >= 0.3 is 0 Å². The van der Waals surface area contributed by atoms with Gasteiger partial charge in [0.05, 0.1) is 11.7 Å². The smallest absolute Gasteiger partial charge is 0.278 e. The minimum absolute atomic E-state index is 0.108. The maximum atomic E-state index is 16.4. The Bertz CT molecular complexity index is 2030. The van der Waals surface area contributed by atoms with Crippen molar-refractivity contribution in [3.05, 3.63) is 131 Å². The maximum absolute atomic E-state index is 16.4. The van der Waals surface area contributed by atoms with Crippen LogP contribution in [0.2, 0.25) is 0 Å². The van der Waals surface area contributed by atoms with E-state index in [1.807, 2.05) is 50.2 Å². The number of hydrogen-bond donors (Lipinski definition) is 2. The predicted molar refractivity (Wildman–Crippen MR) is 179 cm³/mol. The molecule has 3 heterocycles. The second kappa shape index (κ2) is 12.1. The summed E-state index contributed by atoms with van der Waals surface area (Å²) in [7, 11) is 0. The van der Waals surface area contributed by atoms with Crippen molar-refractivity contribution in [2.24, 2.45) is 5.41 Å². The number of thiazole rings is 1. The number of benzene rings is 3. The molecule has 1 unspecified atom stereocenters. The van der Waals surface area contributed by atoms with E-state index in [0.29, 0.717) is 28.6 Å². The molecule has 0 saturated carbocycles. The van der Waals surface area contributed by atoms with E-state index in [1.165, 1.54) is 28.4 Å². The molecule has 2 aromatic heterocycles. The first kappa shape index (κ1) is 30.3. The molecule has 236 valence electrons. The molecule has 8 nitrogen and oxygen atoms in total. The summed E-state index contributed by atoms with van der Waals surface area (Å²) in [6.07, 6.45) is 3.97. The van der Waals surface area contributed by atoms with Gasteiger partial charge in [-0.15, -0.1) is 11.3 Å². The number of Topliss-reactive ketones (excluding diaryl/α,β-unsaturated/α-hetero) is 1. The Morgan fingerprint density at radius 2 is 1.91 bits per heavy atom. The van der Waals surface area contributed by atoms with Crippen molar-refractivity contribution >= 4 is 34.4 Å². The summed E-state index contributed by atoms with van der Waals surface area (Å²) in [5, 5.41) is 16.6. The Hall–Kier alpha value is -5.35. The van der Waals surface area contributed by atoms with Crippen LogP contribution in [0.4, 0.5) is 15.8 Å². The lowest BCUT2D eigenvalue weighted by Crippen LogP contribution is -2.40. The number of phenols is 1. The number of phenolic OH excluding ortho intramolecular Hbond substituents is 1. The number of pyridine rings is 1. The summed E-state index contributed by atoms with van der Waals surface area (Å²) >= 11 is 1.28. The van der Waals surface area contributed by atoms with Gasteiger partial charge < -0.3 is 15.2 Å². The first-order valence-electron chi connectivity index (χ1n) is 15.2. The van der Waals surface area contributed by atoms with E-state index >= 15 is 4.39 Å². The second-order valence-corrected chi connectivity index (χ2v) is 13.3. The number of carbonyl (C=O) groups is 2. The Balaban J connectivity index is 1.38. The van der Waals surface area contributed by atoms with Crippen LogP contribution in [0.3, 0.4) is 0 Å². The van der Waals surface area contributed by atoms with Gasteiger partial charge in [-0.1, -0.05) is 50.2 Å². The number of hydrogen-bond acceptors (Lipinski definition) is 8. The van der Waals surface area contributed by atoms with Gasteiger partial charge in [-0.05, 0) is 53.8 Å². The fourth-order valence-corrected chi connectivity index (χ4v) is 7.02. The van der Waals surface area contributed by atoms with E-state index in [1.54, 1.807) is 48.1 Å². The van der Waals surface area contributed by atoms with E-state index in [9.17, 15) is 14.7 Å². The van der Waals surface area contributed by atoms with Gasteiger partial charge in [-0.25, -0.2) is 9.37 Å². The monoisotopic (exact) mass is 646 g/mol. The van der Waals surface area contributed by atoms with Gasteiger partial charge in [0.15, 0.2) is 5.78 Å². The molecule has 47 heavy (non-hydrogen) atoms. The molecule has 0 fully saturated rings. The highest BCUT2D eigenvalue weighted by Gasteiger charge is 2.45. The third-order valence-corrected chi connectivity index (χ3v) is 9.26. The molecule has 0 saturated heterocycles. The first-order valence-corrected chi connectivity index (χ1v) is 16.1. The van der Waals surface area contributed by atoms with Crippen molar-refractivity contribution in [2.45, 2.75) is 39.3 Å². The number of fused-ring (bicyclic) bond motifs is 1. The van der Waals surface area contributed by atoms with Crippen LogP contribution in [0.1, 0.15) is 54.3 Å². The van der Waals surface area contributed by atoms with E-state index in [4.69, 9.17) is 4.74 Å². The van der Waals surface area contributed by atoms with Gasteiger partial charge in [0.25, 0.3) is 5.91 Å². The molecule has 1 aliphatic heterocycles. The third-order valence-electron chi connectivity index (χ3n) is 8.37. The highest BCUT2D eigenvalue weighted by Crippen LogP contribution is 2.51. The molecule has 3 aromatic carbocycles. The zero-order valence-corrected chi connectivity index (χ0v) is 26.6. The average molecular weight is 647 g/mol. The summed E-state index contributed by atoms with van der Waals surface area (Å²) in [6.45, 7) is 4.22. The zero-order chi connectivity index (χ0) is 32.7. The number of ether oxygens (including phenoxy) is 1. The van der Waals surface area contributed by atoms with Gasteiger partial charge in [0.2, 0.25) is 0 Å². The molecule has 5 aromatic rings. The molecule has 0 bridgehead atoms. The topological polar surface area (TPSA) is 105 Å².